The summed E-state index contributed by atoms with van der Waals surface area (Å²) in [6, 6.07) is 1.57. The van der Waals surface area contributed by atoms with E-state index in [1.807, 2.05) is 0 Å². The molecule has 1 heterocycles. The van der Waals surface area contributed by atoms with Crippen molar-refractivity contribution in [2.75, 3.05) is 18.6 Å². The first kappa shape index (κ1) is 11.5. The Bertz CT molecular complexity index is 350. The molecule has 1 aromatic rings. The summed E-state index contributed by atoms with van der Waals surface area (Å²) in [7, 11) is -0.884. The van der Waals surface area contributed by atoms with Gasteiger partial charge in [-0.15, -0.1) is 0 Å². The van der Waals surface area contributed by atoms with Crippen LogP contribution in [0.4, 0.5) is 0 Å². The van der Waals surface area contributed by atoms with Gasteiger partial charge in [0.05, 0.1) is 11.8 Å². The Morgan fingerprint density at radius 2 is 2.43 bits per heavy atom. The number of amides is 1. The molecule has 78 valence electrons. The maximum atomic E-state index is 11.4. The van der Waals surface area contributed by atoms with Crippen LogP contribution in [0.2, 0.25) is 0 Å². The first-order valence-corrected chi connectivity index (χ1v) is 6.44. The summed E-state index contributed by atoms with van der Waals surface area (Å²) in [6.07, 6.45) is 3.02. The molecule has 0 aliphatic carbocycles. The number of furan rings is 1. The van der Waals surface area contributed by atoms with Crippen molar-refractivity contribution in [3.63, 3.8) is 0 Å². The number of halogens is 1. The third kappa shape index (κ3) is 3.26. The van der Waals surface area contributed by atoms with E-state index in [-0.39, 0.29) is 5.91 Å². The van der Waals surface area contributed by atoms with E-state index in [2.05, 4.69) is 21.2 Å². The fourth-order valence-electron chi connectivity index (χ4n) is 0.859. The average Bonchev–Trinajstić information content (AvgIpc) is 2.50. The molecule has 14 heavy (non-hydrogen) atoms. The molecule has 0 aliphatic rings. The Labute approximate surface area is 92.6 Å². The zero-order valence-electron chi connectivity index (χ0n) is 7.58. The molecule has 0 aromatic carbocycles. The van der Waals surface area contributed by atoms with Crippen molar-refractivity contribution in [1.29, 1.82) is 0 Å². The van der Waals surface area contributed by atoms with Gasteiger partial charge in [0, 0.05) is 29.4 Å². The Morgan fingerprint density at radius 1 is 1.71 bits per heavy atom. The summed E-state index contributed by atoms with van der Waals surface area (Å²) in [5, 5.41) is 2.64. The van der Waals surface area contributed by atoms with Gasteiger partial charge in [-0.3, -0.25) is 9.00 Å². The highest BCUT2D eigenvalue weighted by Crippen LogP contribution is 2.16. The lowest BCUT2D eigenvalue weighted by Crippen LogP contribution is -2.27. The van der Waals surface area contributed by atoms with Gasteiger partial charge >= 0.3 is 0 Å². The topological polar surface area (TPSA) is 59.3 Å². The molecule has 1 unspecified atom stereocenters. The summed E-state index contributed by atoms with van der Waals surface area (Å²) in [4.78, 5) is 11.4. The molecule has 6 heteroatoms. The molecule has 0 spiro atoms. The summed E-state index contributed by atoms with van der Waals surface area (Å²) in [5.41, 5.74) is 0.451. The molecule has 0 radical (unpaired) electrons. The number of nitrogens with one attached hydrogen (secondary N) is 1. The van der Waals surface area contributed by atoms with Gasteiger partial charge < -0.3 is 9.73 Å². The van der Waals surface area contributed by atoms with E-state index >= 15 is 0 Å². The van der Waals surface area contributed by atoms with Gasteiger partial charge in [0.25, 0.3) is 5.91 Å². The van der Waals surface area contributed by atoms with Crippen molar-refractivity contribution >= 4 is 32.6 Å². The second-order valence-corrected chi connectivity index (χ2v) is 4.92. The van der Waals surface area contributed by atoms with Crippen LogP contribution in [0.1, 0.15) is 10.4 Å². The summed E-state index contributed by atoms with van der Waals surface area (Å²) < 4.78 is 16.0. The highest BCUT2D eigenvalue weighted by molar-refractivity contribution is 9.10. The summed E-state index contributed by atoms with van der Waals surface area (Å²) in [6.45, 7) is 0.402. The van der Waals surface area contributed by atoms with E-state index < -0.39 is 10.8 Å². The van der Waals surface area contributed by atoms with E-state index in [1.54, 1.807) is 12.3 Å². The first-order valence-electron chi connectivity index (χ1n) is 3.92. The minimum absolute atomic E-state index is 0.226. The predicted octanol–water partition coefficient (Wildman–Crippen LogP) is 1.15. The van der Waals surface area contributed by atoms with Crippen LogP contribution in [0.5, 0.6) is 0 Å². The predicted molar refractivity (Wildman–Crippen MR) is 57.7 cm³/mol. The standard InChI is InChI=1S/C8H10BrNO3S/c1-14(12)5-3-10-8(11)6-2-4-13-7(6)9/h2,4H,3,5H2,1H3,(H,10,11). The van der Waals surface area contributed by atoms with E-state index in [0.717, 1.165) is 0 Å². The lowest BCUT2D eigenvalue weighted by atomic mass is 10.3. The number of hydrogen-bond acceptors (Lipinski definition) is 3. The molecule has 0 saturated carbocycles. The van der Waals surface area contributed by atoms with Gasteiger partial charge in [0.1, 0.15) is 0 Å². The maximum Gasteiger partial charge on any atom is 0.255 e. The Hall–Kier alpha value is -0.620. The zero-order chi connectivity index (χ0) is 10.6. The summed E-state index contributed by atoms with van der Waals surface area (Å²) >= 11 is 3.10. The van der Waals surface area contributed by atoms with Crippen molar-refractivity contribution in [1.82, 2.24) is 5.32 Å². The summed E-state index contributed by atoms with van der Waals surface area (Å²) in [5.74, 6) is 0.234. The Morgan fingerprint density at radius 3 is 2.93 bits per heavy atom. The average molecular weight is 280 g/mol. The largest absolute Gasteiger partial charge is 0.457 e. The van der Waals surface area contributed by atoms with Gasteiger partial charge in [0.15, 0.2) is 4.67 Å². The highest BCUT2D eigenvalue weighted by atomic mass is 79.9. The Balaban J connectivity index is 2.44. The molecule has 0 fully saturated rings. The van der Waals surface area contributed by atoms with E-state index in [1.165, 1.54) is 6.26 Å². The minimum Gasteiger partial charge on any atom is -0.457 e. The van der Waals surface area contributed by atoms with E-state index in [9.17, 15) is 9.00 Å². The van der Waals surface area contributed by atoms with Crippen LogP contribution < -0.4 is 5.32 Å². The highest BCUT2D eigenvalue weighted by Gasteiger charge is 2.11. The third-order valence-corrected chi connectivity index (χ3v) is 2.93. The molecule has 1 atom stereocenters. The second kappa shape index (κ2) is 5.31. The quantitative estimate of drug-likeness (QED) is 0.900. The van der Waals surface area contributed by atoms with Gasteiger partial charge in [-0.25, -0.2) is 0 Å². The Kier molecular flexibility index (Phi) is 4.34. The molecule has 0 saturated heterocycles. The van der Waals surface area contributed by atoms with Gasteiger partial charge in [0.2, 0.25) is 0 Å². The van der Waals surface area contributed by atoms with Crippen LogP contribution in [0.15, 0.2) is 21.4 Å². The maximum absolute atomic E-state index is 11.4. The van der Waals surface area contributed by atoms with Crippen molar-refractivity contribution in [3.8, 4) is 0 Å². The molecule has 1 aromatic heterocycles. The normalized spacial score (nSPS) is 12.4. The van der Waals surface area contributed by atoms with Crippen LogP contribution in [0, 0.1) is 0 Å². The minimum atomic E-state index is -0.884. The first-order chi connectivity index (χ1) is 6.61. The van der Waals surface area contributed by atoms with Crippen LogP contribution in [-0.2, 0) is 10.8 Å². The van der Waals surface area contributed by atoms with Crippen LogP contribution in [-0.4, -0.2) is 28.7 Å². The lowest BCUT2D eigenvalue weighted by molar-refractivity contribution is 0.0954. The third-order valence-electron chi connectivity index (χ3n) is 1.54. The van der Waals surface area contributed by atoms with Crippen molar-refractivity contribution < 1.29 is 13.4 Å². The number of hydrogen-bond donors (Lipinski definition) is 1. The monoisotopic (exact) mass is 279 g/mol. The van der Waals surface area contributed by atoms with Gasteiger partial charge in [-0.1, -0.05) is 0 Å². The molecule has 1 amide bonds. The molecule has 1 rings (SSSR count). The zero-order valence-corrected chi connectivity index (χ0v) is 9.98. The molecular weight excluding hydrogens is 270 g/mol. The number of rotatable bonds is 4. The van der Waals surface area contributed by atoms with E-state index in [0.29, 0.717) is 22.5 Å². The fraction of sp³-hybridized carbons (Fsp3) is 0.375. The molecule has 1 N–H and O–H groups in total. The molecule has 4 nitrogen and oxygen atoms in total. The van der Waals surface area contributed by atoms with Crippen molar-refractivity contribution in [2.24, 2.45) is 0 Å². The molecule has 0 aliphatic heterocycles. The second-order valence-electron chi connectivity index (χ2n) is 2.64. The van der Waals surface area contributed by atoms with Crippen molar-refractivity contribution in [2.45, 2.75) is 0 Å². The van der Waals surface area contributed by atoms with Gasteiger partial charge in [-0.05, 0) is 22.0 Å². The SMILES string of the molecule is CS(=O)CCNC(=O)c1ccoc1Br. The molecular formula is C8H10BrNO3S. The van der Waals surface area contributed by atoms with Crippen LogP contribution in [0.25, 0.3) is 0 Å². The molecule has 0 bridgehead atoms. The number of carbonyl (C=O) groups is 1. The fourth-order valence-corrected chi connectivity index (χ4v) is 1.67. The van der Waals surface area contributed by atoms with Crippen LogP contribution >= 0.6 is 15.9 Å². The van der Waals surface area contributed by atoms with E-state index in [4.69, 9.17) is 4.42 Å². The lowest BCUT2D eigenvalue weighted by Gasteiger charge is -2.01. The van der Waals surface area contributed by atoms with Crippen LogP contribution in [0.3, 0.4) is 0 Å². The van der Waals surface area contributed by atoms with Crippen molar-refractivity contribution in [3.05, 3.63) is 22.6 Å². The van der Waals surface area contributed by atoms with Gasteiger partial charge in [-0.2, -0.15) is 0 Å². The number of carbonyl (C=O) groups excluding carboxylic acids is 1. The smallest absolute Gasteiger partial charge is 0.255 e.